The SMILES string of the molecule is COc1c(S(C)(=O)=O)ccc(O[C@@H](C)C(F)(F)F)c1C(=O)N1CC(c2cc(F)cc(F)c2)C1. The largest absolute Gasteiger partial charge is 0.494 e. The highest BCUT2D eigenvalue weighted by atomic mass is 32.2. The number of amides is 1. The molecule has 2 aromatic carbocycles. The van der Waals surface area contributed by atoms with Crippen molar-refractivity contribution in [3.8, 4) is 11.5 Å². The molecule has 2 aromatic rings. The molecule has 0 bridgehead atoms. The number of likely N-dealkylation sites (tertiary alicyclic amines) is 1. The van der Waals surface area contributed by atoms with Crippen molar-refractivity contribution < 1.29 is 44.6 Å². The average molecular weight is 493 g/mol. The maximum atomic E-state index is 13.5. The van der Waals surface area contributed by atoms with Crippen LogP contribution in [0.3, 0.4) is 0 Å². The lowest BCUT2D eigenvalue weighted by Crippen LogP contribution is -2.48. The number of methoxy groups -OCH3 is 1. The summed E-state index contributed by atoms with van der Waals surface area (Å²) >= 11 is 0. The molecule has 0 N–H and O–H groups in total. The van der Waals surface area contributed by atoms with Crippen LogP contribution in [0.4, 0.5) is 22.0 Å². The zero-order valence-corrected chi connectivity index (χ0v) is 18.6. The van der Waals surface area contributed by atoms with Crippen LogP contribution in [0.2, 0.25) is 0 Å². The topological polar surface area (TPSA) is 72.9 Å². The van der Waals surface area contributed by atoms with E-state index in [-0.39, 0.29) is 13.1 Å². The molecule has 6 nitrogen and oxygen atoms in total. The number of rotatable bonds is 6. The molecule has 0 aromatic heterocycles. The molecule has 1 amide bonds. The van der Waals surface area contributed by atoms with Gasteiger partial charge in [-0.15, -0.1) is 0 Å². The van der Waals surface area contributed by atoms with Crippen molar-refractivity contribution in [2.75, 3.05) is 26.5 Å². The Bertz CT molecular complexity index is 1160. The van der Waals surface area contributed by atoms with Crippen molar-refractivity contribution in [1.29, 1.82) is 0 Å². The lowest BCUT2D eigenvalue weighted by atomic mass is 9.90. The van der Waals surface area contributed by atoms with E-state index in [1.807, 2.05) is 0 Å². The van der Waals surface area contributed by atoms with E-state index in [9.17, 15) is 35.2 Å². The number of carbonyl (C=O) groups excluding carboxylic acids is 1. The molecule has 1 fully saturated rings. The van der Waals surface area contributed by atoms with E-state index in [0.29, 0.717) is 11.6 Å². The first-order valence-electron chi connectivity index (χ1n) is 9.62. The molecular formula is C21H20F5NO5S. The molecule has 12 heteroatoms. The van der Waals surface area contributed by atoms with Crippen molar-refractivity contribution in [2.45, 2.75) is 30.0 Å². The van der Waals surface area contributed by atoms with Crippen LogP contribution in [0.5, 0.6) is 11.5 Å². The van der Waals surface area contributed by atoms with Crippen LogP contribution in [-0.2, 0) is 9.84 Å². The fourth-order valence-electron chi connectivity index (χ4n) is 3.42. The van der Waals surface area contributed by atoms with Gasteiger partial charge in [0.05, 0.1) is 7.11 Å². The first-order chi connectivity index (χ1) is 15.2. The summed E-state index contributed by atoms with van der Waals surface area (Å²) in [6.07, 6.45) is -6.18. The summed E-state index contributed by atoms with van der Waals surface area (Å²) in [5.41, 5.74) is -0.170. The number of nitrogens with zero attached hydrogens (tertiary/aromatic N) is 1. The van der Waals surface area contributed by atoms with Gasteiger partial charge in [-0.2, -0.15) is 13.2 Å². The molecule has 1 saturated heterocycles. The molecule has 3 rings (SSSR count). The van der Waals surface area contributed by atoms with Crippen LogP contribution in [0.25, 0.3) is 0 Å². The second-order valence-electron chi connectivity index (χ2n) is 7.65. The number of benzene rings is 2. The van der Waals surface area contributed by atoms with Gasteiger partial charge in [0, 0.05) is 31.3 Å². The average Bonchev–Trinajstić information content (AvgIpc) is 2.63. The van der Waals surface area contributed by atoms with E-state index in [0.717, 1.165) is 44.6 Å². The number of ether oxygens (including phenoxy) is 2. The van der Waals surface area contributed by atoms with Crippen LogP contribution in [0, 0.1) is 11.6 Å². The summed E-state index contributed by atoms with van der Waals surface area (Å²) in [7, 11) is -2.83. The van der Waals surface area contributed by atoms with Gasteiger partial charge in [0.2, 0.25) is 0 Å². The Hall–Kier alpha value is -2.89. The quantitative estimate of drug-likeness (QED) is 0.570. The van der Waals surface area contributed by atoms with Crippen molar-refractivity contribution in [3.63, 3.8) is 0 Å². The first-order valence-corrected chi connectivity index (χ1v) is 11.5. The van der Waals surface area contributed by atoms with E-state index in [4.69, 9.17) is 9.47 Å². The first kappa shape index (κ1) is 24.7. The Kier molecular flexibility index (Phi) is 6.60. The van der Waals surface area contributed by atoms with Gasteiger partial charge in [0.1, 0.15) is 27.8 Å². The zero-order valence-electron chi connectivity index (χ0n) is 17.7. The third-order valence-corrected chi connectivity index (χ3v) is 6.31. The maximum Gasteiger partial charge on any atom is 0.425 e. The predicted molar refractivity (Wildman–Crippen MR) is 107 cm³/mol. The third-order valence-electron chi connectivity index (χ3n) is 5.19. The lowest BCUT2D eigenvalue weighted by Gasteiger charge is -2.40. The van der Waals surface area contributed by atoms with Crippen molar-refractivity contribution in [1.82, 2.24) is 4.90 Å². The molecular weight excluding hydrogens is 473 g/mol. The molecule has 1 aliphatic heterocycles. The van der Waals surface area contributed by atoms with E-state index in [1.165, 1.54) is 4.90 Å². The predicted octanol–water partition coefficient (Wildman–Crippen LogP) is 3.95. The molecule has 33 heavy (non-hydrogen) atoms. The van der Waals surface area contributed by atoms with Crippen LogP contribution < -0.4 is 9.47 Å². The minimum atomic E-state index is -4.74. The Morgan fingerprint density at radius 3 is 2.18 bits per heavy atom. The summed E-state index contributed by atoms with van der Waals surface area (Å²) in [4.78, 5) is 14.0. The zero-order chi connectivity index (χ0) is 24.7. The highest BCUT2D eigenvalue weighted by Crippen LogP contribution is 2.40. The van der Waals surface area contributed by atoms with Crippen LogP contribution in [0.15, 0.2) is 35.2 Å². The Morgan fingerprint density at radius 2 is 1.70 bits per heavy atom. The van der Waals surface area contributed by atoms with Crippen molar-refractivity contribution >= 4 is 15.7 Å². The summed E-state index contributed by atoms with van der Waals surface area (Å²) in [6.45, 7) is 0.744. The van der Waals surface area contributed by atoms with E-state index in [1.54, 1.807) is 0 Å². The summed E-state index contributed by atoms with van der Waals surface area (Å²) < 4.78 is 100. The van der Waals surface area contributed by atoms with Gasteiger partial charge in [-0.05, 0) is 36.8 Å². The molecule has 1 atom stereocenters. The number of halogens is 5. The van der Waals surface area contributed by atoms with Crippen molar-refractivity contribution in [2.24, 2.45) is 0 Å². The second-order valence-corrected chi connectivity index (χ2v) is 9.64. The van der Waals surface area contributed by atoms with E-state index < -0.39 is 67.5 Å². The second kappa shape index (κ2) is 8.81. The Labute approximate surface area is 186 Å². The summed E-state index contributed by atoms with van der Waals surface area (Å²) in [5.74, 6) is -3.77. The normalized spacial score (nSPS) is 15.7. The highest BCUT2D eigenvalue weighted by Gasteiger charge is 2.41. The van der Waals surface area contributed by atoms with Crippen LogP contribution in [-0.4, -0.2) is 58.0 Å². The fourth-order valence-corrected chi connectivity index (χ4v) is 4.26. The van der Waals surface area contributed by atoms with Gasteiger partial charge in [-0.25, -0.2) is 17.2 Å². The molecule has 0 aliphatic carbocycles. The number of sulfone groups is 1. The van der Waals surface area contributed by atoms with Crippen molar-refractivity contribution in [3.05, 3.63) is 53.1 Å². The molecule has 0 radical (unpaired) electrons. The van der Waals surface area contributed by atoms with Crippen LogP contribution in [0.1, 0.15) is 28.8 Å². The lowest BCUT2D eigenvalue weighted by molar-refractivity contribution is -0.189. The third kappa shape index (κ3) is 5.21. The Morgan fingerprint density at radius 1 is 1.12 bits per heavy atom. The van der Waals surface area contributed by atoms with E-state index >= 15 is 0 Å². The molecule has 1 aliphatic rings. The Balaban J connectivity index is 1.98. The number of alkyl halides is 3. The summed E-state index contributed by atoms with van der Waals surface area (Å²) in [5, 5.41) is 0. The van der Waals surface area contributed by atoms with Gasteiger partial charge in [-0.3, -0.25) is 4.79 Å². The highest BCUT2D eigenvalue weighted by molar-refractivity contribution is 7.90. The van der Waals surface area contributed by atoms with Gasteiger partial charge >= 0.3 is 6.18 Å². The molecule has 0 saturated carbocycles. The van der Waals surface area contributed by atoms with Crippen LogP contribution >= 0.6 is 0 Å². The molecule has 180 valence electrons. The van der Waals surface area contributed by atoms with E-state index in [2.05, 4.69) is 0 Å². The number of hydrogen-bond acceptors (Lipinski definition) is 5. The van der Waals surface area contributed by atoms with Gasteiger partial charge in [0.25, 0.3) is 5.91 Å². The van der Waals surface area contributed by atoms with Gasteiger partial charge < -0.3 is 14.4 Å². The fraction of sp³-hybridized carbons (Fsp3) is 0.381. The molecule has 0 unspecified atom stereocenters. The molecule has 1 heterocycles. The number of hydrogen-bond donors (Lipinski definition) is 0. The smallest absolute Gasteiger partial charge is 0.425 e. The minimum Gasteiger partial charge on any atom is -0.494 e. The maximum absolute atomic E-state index is 13.5. The standard InChI is InChI=1S/C21H20F5NO5S/c1-11(21(24,25)26)32-16-4-5-17(33(3,29)30)19(31-2)18(16)20(28)27-9-13(10-27)12-6-14(22)8-15(23)7-12/h4-8,11,13H,9-10H2,1-3H3/t11-/m0/s1. The molecule has 0 spiro atoms. The van der Waals surface area contributed by atoms with Gasteiger partial charge in [-0.1, -0.05) is 0 Å². The minimum absolute atomic E-state index is 0.00223. The number of carbonyl (C=O) groups is 1. The van der Waals surface area contributed by atoms with Gasteiger partial charge in [0.15, 0.2) is 21.7 Å². The summed E-state index contributed by atoms with van der Waals surface area (Å²) in [6, 6.07) is 4.92. The monoisotopic (exact) mass is 493 g/mol.